The van der Waals surface area contributed by atoms with Gasteiger partial charge in [0.15, 0.2) is 0 Å². The third kappa shape index (κ3) is 2.38. The van der Waals surface area contributed by atoms with Crippen LogP contribution in [0.3, 0.4) is 0 Å². The molecule has 0 amide bonds. The minimum absolute atomic E-state index is 0.160. The molecule has 0 unspecified atom stereocenters. The fourth-order valence-electron chi connectivity index (χ4n) is 1.43. The zero-order chi connectivity index (χ0) is 11.4. The first-order chi connectivity index (χ1) is 7.79. The molecule has 0 atom stereocenters. The number of nitrogens with two attached hydrogens (primary N) is 1. The Kier molecular flexibility index (Phi) is 3.16. The smallest absolute Gasteiger partial charge is 0.255 e. The molecule has 2 aromatic rings. The summed E-state index contributed by atoms with van der Waals surface area (Å²) in [4.78, 5) is 18.3. The second-order valence-electron chi connectivity index (χ2n) is 3.47. The molecule has 2 aromatic heterocycles. The topological polar surface area (TPSA) is 84.9 Å². The third-order valence-electron chi connectivity index (χ3n) is 2.33. The van der Waals surface area contributed by atoms with Crippen LogP contribution >= 0.6 is 0 Å². The number of nitrogens with zero attached hydrogens (tertiary/aromatic N) is 1. The Labute approximate surface area is 92.3 Å². The summed E-state index contributed by atoms with van der Waals surface area (Å²) in [5.74, 6) is 1.53. The van der Waals surface area contributed by atoms with E-state index in [2.05, 4.69) is 9.97 Å². The van der Waals surface area contributed by atoms with E-state index in [0.29, 0.717) is 17.8 Å². The minimum atomic E-state index is -0.160. The predicted molar refractivity (Wildman–Crippen MR) is 58.9 cm³/mol. The van der Waals surface area contributed by atoms with Gasteiger partial charge in [0.05, 0.1) is 6.26 Å². The van der Waals surface area contributed by atoms with Crippen LogP contribution in [0, 0.1) is 0 Å². The fourth-order valence-corrected chi connectivity index (χ4v) is 1.43. The molecule has 5 heteroatoms. The fraction of sp³-hybridized carbons (Fsp3) is 0.273. The Balaban J connectivity index is 2.05. The maximum absolute atomic E-state index is 11.4. The highest BCUT2D eigenvalue weighted by molar-refractivity contribution is 5.06. The first-order valence-corrected chi connectivity index (χ1v) is 5.09. The Hall–Kier alpha value is -1.88. The summed E-state index contributed by atoms with van der Waals surface area (Å²) in [7, 11) is 0. The van der Waals surface area contributed by atoms with Gasteiger partial charge >= 0.3 is 0 Å². The molecule has 0 aliphatic carbocycles. The maximum atomic E-state index is 11.4. The molecule has 3 N–H and O–H groups in total. The number of hydrogen-bond acceptors (Lipinski definition) is 4. The Bertz CT molecular complexity index is 502. The van der Waals surface area contributed by atoms with Crippen LogP contribution in [0.25, 0.3) is 0 Å². The maximum Gasteiger partial charge on any atom is 0.255 e. The first kappa shape index (κ1) is 10.6. The van der Waals surface area contributed by atoms with Crippen molar-refractivity contribution < 1.29 is 4.42 Å². The third-order valence-corrected chi connectivity index (χ3v) is 2.33. The zero-order valence-corrected chi connectivity index (χ0v) is 8.77. The number of rotatable bonds is 4. The normalized spacial score (nSPS) is 10.6. The summed E-state index contributed by atoms with van der Waals surface area (Å²) in [5.41, 5.74) is 5.72. The molecule has 0 aliphatic rings. The van der Waals surface area contributed by atoms with Gasteiger partial charge in [0, 0.05) is 31.1 Å². The van der Waals surface area contributed by atoms with E-state index >= 15 is 0 Å². The summed E-state index contributed by atoms with van der Waals surface area (Å²) >= 11 is 0. The Morgan fingerprint density at radius 1 is 1.44 bits per heavy atom. The predicted octanol–water partition coefficient (Wildman–Crippen LogP) is 0.607. The molecular weight excluding hydrogens is 206 g/mol. The molecule has 0 radical (unpaired) electrons. The van der Waals surface area contributed by atoms with Crippen LogP contribution in [0.1, 0.15) is 17.1 Å². The van der Waals surface area contributed by atoms with Crippen molar-refractivity contribution in [3.05, 3.63) is 52.1 Å². The number of nitrogens with one attached hydrogen (secondary N) is 1. The summed E-state index contributed by atoms with van der Waals surface area (Å²) in [6.07, 6.45) is 4.52. The van der Waals surface area contributed by atoms with Crippen molar-refractivity contribution in [1.29, 1.82) is 0 Å². The van der Waals surface area contributed by atoms with E-state index in [9.17, 15) is 4.79 Å². The van der Waals surface area contributed by atoms with E-state index < -0.39 is 0 Å². The van der Waals surface area contributed by atoms with Crippen molar-refractivity contribution in [3.63, 3.8) is 0 Å². The molecule has 2 rings (SSSR count). The van der Waals surface area contributed by atoms with Crippen molar-refractivity contribution in [1.82, 2.24) is 9.97 Å². The molecule has 5 nitrogen and oxygen atoms in total. The molecule has 0 spiro atoms. The van der Waals surface area contributed by atoms with Gasteiger partial charge in [-0.2, -0.15) is 0 Å². The molecule has 0 fully saturated rings. The summed E-state index contributed by atoms with van der Waals surface area (Å²) in [5, 5.41) is 0. The first-order valence-electron chi connectivity index (χ1n) is 5.09. The largest absolute Gasteiger partial charge is 0.469 e. The summed E-state index contributed by atoms with van der Waals surface area (Å²) in [6.45, 7) is 0.209. The van der Waals surface area contributed by atoms with Crippen LogP contribution < -0.4 is 11.3 Å². The lowest BCUT2D eigenvalue weighted by Crippen LogP contribution is -2.19. The van der Waals surface area contributed by atoms with Gasteiger partial charge in [0.25, 0.3) is 5.56 Å². The average molecular weight is 219 g/mol. The van der Waals surface area contributed by atoms with E-state index in [0.717, 1.165) is 12.2 Å². The van der Waals surface area contributed by atoms with Crippen LogP contribution in [0.2, 0.25) is 0 Å². The molecule has 16 heavy (non-hydrogen) atoms. The van der Waals surface area contributed by atoms with Gasteiger partial charge < -0.3 is 15.1 Å². The Morgan fingerprint density at radius 2 is 2.31 bits per heavy atom. The molecule has 2 heterocycles. The highest BCUT2D eigenvalue weighted by atomic mass is 16.3. The van der Waals surface area contributed by atoms with Gasteiger partial charge in [-0.15, -0.1) is 0 Å². The van der Waals surface area contributed by atoms with Crippen molar-refractivity contribution in [2.75, 3.05) is 0 Å². The van der Waals surface area contributed by atoms with Gasteiger partial charge in [-0.3, -0.25) is 4.79 Å². The van der Waals surface area contributed by atoms with E-state index in [1.165, 1.54) is 6.20 Å². The van der Waals surface area contributed by atoms with Gasteiger partial charge in [-0.05, 0) is 12.1 Å². The highest BCUT2D eigenvalue weighted by Crippen LogP contribution is 2.03. The van der Waals surface area contributed by atoms with E-state index in [1.807, 2.05) is 12.1 Å². The average Bonchev–Trinajstić information content (AvgIpc) is 2.79. The molecule has 84 valence electrons. The van der Waals surface area contributed by atoms with Crippen molar-refractivity contribution in [2.24, 2.45) is 5.73 Å². The number of aromatic amines is 1. The molecule has 0 aromatic carbocycles. The van der Waals surface area contributed by atoms with Crippen molar-refractivity contribution in [3.8, 4) is 0 Å². The van der Waals surface area contributed by atoms with Crippen LogP contribution in [0.5, 0.6) is 0 Å². The van der Waals surface area contributed by atoms with E-state index in [-0.39, 0.29) is 12.1 Å². The zero-order valence-electron chi connectivity index (χ0n) is 8.77. The second kappa shape index (κ2) is 4.76. The van der Waals surface area contributed by atoms with Crippen LogP contribution in [0.4, 0.5) is 0 Å². The standard InChI is InChI=1S/C11H13N3O2/c12-6-8-7-13-10(14-11(8)15)4-3-9-2-1-5-16-9/h1-2,5,7H,3-4,6,12H2,(H,13,14,15). The van der Waals surface area contributed by atoms with Gasteiger partial charge in [-0.1, -0.05) is 0 Å². The lowest BCUT2D eigenvalue weighted by Gasteiger charge is -2.00. The van der Waals surface area contributed by atoms with Gasteiger partial charge in [0.2, 0.25) is 0 Å². The van der Waals surface area contributed by atoms with E-state index in [1.54, 1.807) is 6.26 Å². The minimum Gasteiger partial charge on any atom is -0.469 e. The highest BCUT2D eigenvalue weighted by Gasteiger charge is 2.02. The lowest BCUT2D eigenvalue weighted by molar-refractivity contribution is 0.506. The van der Waals surface area contributed by atoms with Gasteiger partial charge in [0.1, 0.15) is 11.6 Å². The van der Waals surface area contributed by atoms with Crippen molar-refractivity contribution >= 4 is 0 Å². The van der Waals surface area contributed by atoms with Crippen LogP contribution in [0.15, 0.2) is 33.8 Å². The van der Waals surface area contributed by atoms with Gasteiger partial charge in [-0.25, -0.2) is 4.98 Å². The molecule has 0 saturated carbocycles. The van der Waals surface area contributed by atoms with Crippen molar-refractivity contribution in [2.45, 2.75) is 19.4 Å². The molecule has 0 saturated heterocycles. The van der Waals surface area contributed by atoms with Crippen LogP contribution in [-0.2, 0) is 19.4 Å². The summed E-state index contributed by atoms with van der Waals surface area (Å²) < 4.78 is 5.19. The number of H-pyrrole nitrogens is 1. The SMILES string of the molecule is NCc1cnc(CCc2ccco2)[nH]c1=O. The molecular formula is C11H13N3O2. The number of hydrogen-bond donors (Lipinski definition) is 2. The number of aryl methyl sites for hydroxylation is 2. The quantitative estimate of drug-likeness (QED) is 0.788. The molecule has 0 aliphatic heterocycles. The second-order valence-corrected chi connectivity index (χ2v) is 3.47. The number of furan rings is 1. The van der Waals surface area contributed by atoms with Crippen LogP contribution in [-0.4, -0.2) is 9.97 Å². The van der Waals surface area contributed by atoms with E-state index in [4.69, 9.17) is 10.2 Å². The Morgan fingerprint density at radius 3 is 2.94 bits per heavy atom. The summed E-state index contributed by atoms with van der Waals surface area (Å²) in [6, 6.07) is 3.73. The number of aromatic nitrogens is 2. The lowest BCUT2D eigenvalue weighted by atomic mass is 10.2. The monoisotopic (exact) mass is 219 g/mol. The molecule has 0 bridgehead atoms.